The normalized spacial score (nSPS) is 14.7. The van der Waals surface area contributed by atoms with Crippen molar-refractivity contribution in [1.82, 2.24) is 0 Å². The number of halogens is 1. The molecule has 0 unspecified atom stereocenters. The number of hydrogen-bond donors (Lipinski definition) is 0. The Morgan fingerprint density at radius 2 is 1.43 bits per heavy atom. The van der Waals surface area contributed by atoms with Gasteiger partial charge < -0.3 is 0 Å². The third-order valence-corrected chi connectivity index (χ3v) is 7.36. The highest BCUT2D eigenvalue weighted by Crippen LogP contribution is 2.34. The van der Waals surface area contributed by atoms with E-state index < -0.39 is 0 Å². The average Bonchev–Trinajstić information content (AvgIpc) is 2.46. The molecule has 0 aromatic heterocycles. The van der Waals surface area contributed by atoms with E-state index in [1.807, 2.05) is 23.1 Å². The molecule has 120 valence electrons. The SMILES string of the molecule is Cc1cc(-c2c(C)cc(Br)cc2C)cc(C)c1C1=[S+]CCCS1. The van der Waals surface area contributed by atoms with Crippen molar-refractivity contribution in [3.8, 4) is 11.1 Å². The summed E-state index contributed by atoms with van der Waals surface area (Å²) in [6.07, 6.45) is 1.33. The standard InChI is InChI=1S/C20H22BrS2/c1-12-8-16(18-14(3)10-17(21)11-15(18)4)9-13(2)19(12)20-22-6-5-7-23-20/h8-11H,5-7H2,1-4H3/q+1. The van der Waals surface area contributed by atoms with Crippen LogP contribution < -0.4 is 0 Å². The third kappa shape index (κ3) is 3.57. The van der Waals surface area contributed by atoms with Crippen LogP contribution >= 0.6 is 27.7 Å². The molecule has 3 heteroatoms. The second kappa shape index (κ2) is 7.08. The van der Waals surface area contributed by atoms with E-state index in [2.05, 4.69) is 67.9 Å². The molecule has 1 aliphatic heterocycles. The average molecular weight is 406 g/mol. The fourth-order valence-electron chi connectivity index (χ4n) is 3.37. The van der Waals surface area contributed by atoms with E-state index >= 15 is 0 Å². The lowest BCUT2D eigenvalue weighted by Gasteiger charge is -2.15. The van der Waals surface area contributed by atoms with E-state index in [-0.39, 0.29) is 0 Å². The largest absolute Gasteiger partial charge is 0.265 e. The van der Waals surface area contributed by atoms with Crippen molar-refractivity contribution >= 4 is 43.2 Å². The molecule has 2 aromatic rings. The molecule has 0 saturated heterocycles. The van der Waals surface area contributed by atoms with Crippen LogP contribution in [0.25, 0.3) is 11.1 Å². The molecule has 1 heterocycles. The molecule has 0 saturated carbocycles. The van der Waals surface area contributed by atoms with Gasteiger partial charge in [-0.05, 0) is 73.2 Å². The minimum atomic E-state index is 1.16. The van der Waals surface area contributed by atoms with Gasteiger partial charge >= 0.3 is 0 Å². The van der Waals surface area contributed by atoms with E-state index in [0.717, 1.165) is 4.47 Å². The van der Waals surface area contributed by atoms with Gasteiger partial charge in [-0.15, -0.1) is 0 Å². The quantitative estimate of drug-likeness (QED) is 0.432. The number of thioether (sulfide) groups is 1. The summed E-state index contributed by atoms with van der Waals surface area (Å²) in [7, 11) is 0. The maximum atomic E-state index is 3.60. The van der Waals surface area contributed by atoms with Crippen LogP contribution in [0, 0.1) is 27.7 Å². The smallest absolute Gasteiger partial charge is 0.0643 e. The van der Waals surface area contributed by atoms with Crippen LogP contribution in [0.5, 0.6) is 0 Å². The zero-order valence-corrected chi connectivity index (χ0v) is 17.3. The molecular weight excluding hydrogens is 384 g/mol. The number of hydrogen-bond acceptors (Lipinski definition) is 1. The predicted molar refractivity (Wildman–Crippen MR) is 112 cm³/mol. The van der Waals surface area contributed by atoms with Gasteiger partial charge in [-0.25, -0.2) is 0 Å². The van der Waals surface area contributed by atoms with Crippen LogP contribution in [0.1, 0.15) is 34.2 Å². The molecule has 0 fully saturated rings. The van der Waals surface area contributed by atoms with Crippen LogP contribution in [0.15, 0.2) is 28.7 Å². The van der Waals surface area contributed by atoms with E-state index in [1.54, 1.807) is 0 Å². The topological polar surface area (TPSA) is 0 Å². The lowest BCUT2D eigenvalue weighted by Crippen LogP contribution is -2.10. The van der Waals surface area contributed by atoms with Crippen molar-refractivity contribution in [3.63, 3.8) is 0 Å². The van der Waals surface area contributed by atoms with Gasteiger partial charge in [0, 0.05) is 16.6 Å². The van der Waals surface area contributed by atoms with Gasteiger partial charge in [0.25, 0.3) is 4.20 Å². The molecule has 0 aliphatic carbocycles. The highest BCUT2D eigenvalue weighted by atomic mass is 79.9. The van der Waals surface area contributed by atoms with Crippen LogP contribution in [-0.2, 0) is 11.4 Å². The first kappa shape index (κ1) is 17.2. The fourth-order valence-corrected chi connectivity index (χ4v) is 6.95. The van der Waals surface area contributed by atoms with Gasteiger partial charge in [0.1, 0.15) is 0 Å². The summed E-state index contributed by atoms with van der Waals surface area (Å²) in [5, 5.41) is 0. The Labute approximate surface area is 156 Å². The third-order valence-electron chi connectivity index (χ3n) is 4.28. The van der Waals surface area contributed by atoms with Gasteiger partial charge in [-0.3, -0.25) is 0 Å². The molecule has 2 aromatic carbocycles. The second-order valence-corrected chi connectivity index (χ2v) is 9.62. The Balaban J connectivity index is 2.12. The Morgan fingerprint density at radius 1 is 0.870 bits per heavy atom. The lowest BCUT2D eigenvalue weighted by molar-refractivity contribution is 1.13. The highest BCUT2D eigenvalue weighted by Gasteiger charge is 2.23. The summed E-state index contributed by atoms with van der Waals surface area (Å²) >= 11 is 7.66. The van der Waals surface area contributed by atoms with Crippen LogP contribution in [0.4, 0.5) is 0 Å². The lowest BCUT2D eigenvalue weighted by atomic mass is 9.91. The Kier molecular flexibility index (Phi) is 5.29. The molecule has 0 N–H and O–H groups in total. The number of aryl methyl sites for hydroxylation is 4. The first-order valence-electron chi connectivity index (χ1n) is 7.98. The van der Waals surface area contributed by atoms with Gasteiger partial charge in [0.15, 0.2) is 17.1 Å². The van der Waals surface area contributed by atoms with E-state index in [1.165, 1.54) is 61.1 Å². The summed E-state index contributed by atoms with van der Waals surface area (Å²) < 4.78 is 2.67. The summed E-state index contributed by atoms with van der Waals surface area (Å²) in [5.74, 6) is 2.52. The zero-order valence-electron chi connectivity index (χ0n) is 14.1. The fraction of sp³-hybridized carbons (Fsp3) is 0.350. The molecule has 23 heavy (non-hydrogen) atoms. The van der Waals surface area contributed by atoms with Crippen LogP contribution in [0.2, 0.25) is 0 Å². The molecule has 0 spiro atoms. The number of rotatable bonds is 2. The maximum absolute atomic E-state index is 3.60. The van der Waals surface area contributed by atoms with Crippen molar-refractivity contribution < 1.29 is 0 Å². The molecule has 0 nitrogen and oxygen atoms in total. The molecular formula is C20H22BrS2+. The van der Waals surface area contributed by atoms with E-state index in [4.69, 9.17) is 0 Å². The van der Waals surface area contributed by atoms with Crippen molar-refractivity contribution in [2.24, 2.45) is 0 Å². The number of benzene rings is 2. The highest BCUT2D eigenvalue weighted by molar-refractivity contribution is 9.10. The van der Waals surface area contributed by atoms with Gasteiger partial charge in [0.2, 0.25) is 0 Å². The first-order chi connectivity index (χ1) is 11.0. The van der Waals surface area contributed by atoms with E-state index in [9.17, 15) is 0 Å². The van der Waals surface area contributed by atoms with Crippen molar-refractivity contribution in [1.29, 1.82) is 0 Å². The monoisotopic (exact) mass is 405 g/mol. The first-order valence-corrected chi connectivity index (χ1v) is 10.7. The Morgan fingerprint density at radius 3 is 1.96 bits per heavy atom. The Bertz CT molecular complexity index is 744. The van der Waals surface area contributed by atoms with Crippen LogP contribution in [0.3, 0.4) is 0 Å². The Hall–Kier alpha value is -0.640. The van der Waals surface area contributed by atoms with Crippen molar-refractivity contribution in [2.45, 2.75) is 34.1 Å². The van der Waals surface area contributed by atoms with E-state index in [0.29, 0.717) is 0 Å². The van der Waals surface area contributed by atoms with Crippen molar-refractivity contribution in [3.05, 3.63) is 56.6 Å². The summed E-state index contributed by atoms with van der Waals surface area (Å²) in [6.45, 7) is 8.93. The van der Waals surface area contributed by atoms with Crippen molar-refractivity contribution in [2.75, 3.05) is 11.5 Å². The van der Waals surface area contributed by atoms with Gasteiger partial charge in [0.05, 0.1) is 5.56 Å². The minimum absolute atomic E-state index is 1.16. The van der Waals surface area contributed by atoms with Gasteiger partial charge in [-0.2, -0.15) is 0 Å². The molecule has 0 radical (unpaired) electrons. The summed E-state index contributed by atoms with van der Waals surface area (Å²) in [6, 6.07) is 9.16. The zero-order chi connectivity index (χ0) is 16.6. The summed E-state index contributed by atoms with van der Waals surface area (Å²) in [5.41, 5.74) is 9.65. The predicted octanol–water partition coefficient (Wildman–Crippen LogP) is 6.05. The summed E-state index contributed by atoms with van der Waals surface area (Å²) in [4.78, 5) is 0. The molecule has 0 atom stereocenters. The molecule has 3 rings (SSSR count). The molecule has 0 bridgehead atoms. The molecule has 0 amide bonds. The maximum Gasteiger partial charge on any atom is 0.265 e. The van der Waals surface area contributed by atoms with Crippen LogP contribution in [-0.4, -0.2) is 15.7 Å². The molecule has 1 aliphatic rings. The van der Waals surface area contributed by atoms with Gasteiger partial charge in [-0.1, -0.05) is 39.8 Å². The second-order valence-electron chi connectivity index (χ2n) is 6.24. The minimum Gasteiger partial charge on any atom is -0.0643 e.